The number of amidine groups is 1. The van der Waals surface area contributed by atoms with E-state index >= 15 is 0 Å². The van der Waals surface area contributed by atoms with Crippen LogP contribution in [-0.2, 0) is 6.54 Å². The Hall–Kier alpha value is -3.07. The predicted molar refractivity (Wildman–Crippen MR) is 107 cm³/mol. The molecular formula is C18H16N8S. The summed E-state index contributed by atoms with van der Waals surface area (Å²) >= 11 is 1.69. The molecule has 4 aromatic rings. The van der Waals surface area contributed by atoms with Gasteiger partial charge in [-0.2, -0.15) is 0 Å². The number of nitrogens with one attached hydrogen (secondary N) is 1. The highest BCUT2D eigenvalue weighted by Gasteiger charge is 2.16. The Bertz CT molecular complexity index is 1170. The van der Waals surface area contributed by atoms with E-state index in [1.807, 2.05) is 24.3 Å². The third-order valence-corrected chi connectivity index (χ3v) is 5.39. The van der Waals surface area contributed by atoms with Crippen LogP contribution < -0.4 is 5.32 Å². The maximum atomic E-state index is 4.64. The topological polar surface area (TPSA) is 93.8 Å². The van der Waals surface area contributed by atoms with Crippen LogP contribution >= 0.6 is 11.8 Å². The fourth-order valence-corrected chi connectivity index (χ4v) is 3.88. The van der Waals surface area contributed by atoms with Gasteiger partial charge in [0.25, 0.3) is 0 Å². The van der Waals surface area contributed by atoms with Gasteiger partial charge in [0.1, 0.15) is 0 Å². The first kappa shape index (κ1) is 16.1. The van der Waals surface area contributed by atoms with Gasteiger partial charge in [-0.05, 0) is 30.7 Å². The quantitative estimate of drug-likeness (QED) is 0.587. The first-order valence-corrected chi connectivity index (χ1v) is 9.61. The van der Waals surface area contributed by atoms with Gasteiger partial charge in [0.15, 0.2) is 16.6 Å². The highest BCUT2D eigenvalue weighted by molar-refractivity contribution is 8.14. The molecule has 0 aliphatic carbocycles. The number of nitrogens with zero attached hydrogens (tertiary/aromatic N) is 7. The van der Waals surface area contributed by atoms with Crippen LogP contribution in [0.3, 0.4) is 0 Å². The summed E-state index contributed by atoms with van der Waals surface area (Å²) in [4.78, 5) is 17.9. The maximum Gasteiger partial charge on any atom is 0.221 e. The van der Waals surface area contributed by atoms with Crippen molar-refractivity contribution in [3.63, 3.8) is 0 Å². The molecule has 1 aromatic carbocycles. The lowest BCUT2D eigenvalue weighted by molar-refractivity contribution is 0.664. The fourth-order valence-electron chi connectivity index (χ4n) is 2.97. The van der Waals surface area contributed by atoms with Gasteiger partial charge in [-0.1, -0.05) is 29.1 Å². The van der Waals surface area contributed by atoms with E-state index in [-0.39, 0.29) is 0 Å². The molecule has 1 aliphatic rings. The zero-order valence-electron chi connectivity index (χ0n) is 14.6. The smallest absolute Gasteiger partial charge is 0.221 e. The molecule has 27 heavy (non-hydrogen) atoms. The number of rotatable bonds is 3. The molecule has 1 atom stereocenters. The average molecular weight is 376 g/mol. The molecule has 0 bridgehead atoms. The van der Waals surface area contributed by atoms with E-state index in [1.165, 1.54) is 0 Å². The van der Waals surface area contributed by atoms with Gasteiger partial charge in [-0.25, -0.2) is 14.6 Å². The van der Waals surface area contributed by atoms with Crippen molar-refractivity contribution < 1.29 is 0 Å². The van der Waals surface area contributed by atoms with Crippen molar-refractivity contribution in [3.8, 4) is 0 Å². The van der Waals surface area contributed by atoms with Gasteiger partial charge >= 0.3 is 0 Å². The van der Waals surface area contributed by atoms with Crippen LogP contribution in [0, 0.1) is 0 Å². The summed E-state index contributed by atoms with van der Waals surface area (Å²) in [6.07, 6.45) is 3.46. The standard InChI is InChI=1S/C18H16N8S/c1-11-10-27-18(21-11)23-15-8-20-16-17(22-15)26(25-24-16)9-12-4-5-14-13(7-12)3-2-6-19-14/h2-8,11H,9-10H2,1H3,(H,21,22,23). The molecule has 134 valence electrons. The second-order valence-corrected chi connectivity index (χ2v) is 7.41. The lowest BCUT2D eigenvalue weighted by Gasteiger charge is -2.06. The highest BCUT2D eigenvalue weighted by Crippen LogP contribution is 2.20. The first-order chi connectivity index (χ1) is 13.2. The molecule has 0 spiro atoms. The number of aliphatic imine (C=N–C) groups is 1. The molecule has 3 aromatic heterocycles. The van der Waals surface area contributed by atoms with Crippen LogP contribution in [0.1, 0.15) is 12.5 Å². The number of anilines is 1. The summed E-state index contributed by atoms with van der Waals surface area (Å²) in [6, 6.07) is 10.5. The van der Waals surface area contributed by atoms with Gasteiger partial charge in [-0.15, -0.1) is 5.10 Å². The second kappa shape index (κ2) is 6.58. The number of thioether (sulfide) groups is 1. The van der Waals surface area contributed by atoms with Crippen molar-refractivity contribution in [1.29, 1.82) is 0 Å². The Balaban J connectivity index is 1.45. The SMILES string of the molecule is CC1CSC(Nc2cnc3nnn(Cc4ccc5ncccc5c4)c3n2)=N1. The van der Waals surface area contributed by atoms with Crippen LogP contribution in [0.5, 0.6) is 0 Å². The third kappa shape index (κ3) is 3.21. The summed E-state index contributed by atoms with van der Waals surface area (Å²) in [6.45, 7) is 2.65. The van der Waals surface area contributed by atoms with E-state index in [0.29, 0.717) is 29.7 Å². The van der Waals surface area contributed by atoms with Crippen molar-refractivity contribution >= 4 is 44.9 Å². The molecule has 0 saturated heterocycles. The van der Waals surface area contributed by atoms with Crippen molar-refractivity contribution in [3.05, 3.63) is 48.3 Å². The van der Waals surface area contributed by atoms with Crippen LogP contribution in [-0.4, -0.2) is 46.9 Å². The molecular weight excluding hydrogens is 360 g/mol. The minimum absolute atomic E-state index is 0.323. The summed E-state index contributed by atoms with van der Waals surface area (Å²) in [5.74, 6) is 1.63. The van der Waals surface area contributed by atoms with Gasteiger partial charge in [0, 0.05) is 17.3 Å². The summed E-state index contributed by atoms with van der Waals surface area (Å²) in [5.41, 5.74) is 3.24. The van der Waals surface area contributed by atoms with Crippen molar-refractivity contribution in [2.75, 3.05) is 11.1 Å². The van der Waals surface area contributed by atoms with Crippen LogP contribution in [0.2, 0.25) is 0 Å². The number of pyridine rings is 1. The minimum atomic E-state index is 0.323. The molecule has 8 nitrogen and oxygen atoms in total. The molecule has 1 N–H and O–H groups in total. The Labute approximate surface area is 159 Å². The number of hydrogen-bond donors (Lipinski definition) is 1. The summed E-state index contributed by atoms with van der Waals surface area (Å²) in [7, 11) is 0. The Morgan fingerprint density at radius 1 is 1.26 bits per heavy atom. The summed E-state index contributed by atoms with van der Waals surface area (Å²) < 4.78 is 1.76. The van der Waals surface area contributed by atoms with Gasteiger partial charge in [-0.3, -0.25) is 9.98 Å². The summed E-state index contributed by atoms with van der Waals surface area (Å²) in [5, 5.41) is 13.5. The van der Waals surface area contributed by atoms with Gasteiger partial charge in [0.2, 0.25) is 5.65 Å². The number of aromatic nitrogens is 6. The molecule has 0 saturated carbocycles. The average Bonchev–Trinajstić information content (AvgIpc) is 3.28. The van der Waals surface area contributed by atoms with Crippen LogP contribution in [0.4, 0.5) is 5.82 Å². The molecule has 4 heterocycles. The van der Waals surface area contributed by atoms with E-state index in [1.54, 1.807) is 28.8 Å². The Morgan fingerprint density at radius 2 is 2.22 bits per heavy atom. The largest absolute Gasteiger partial charge is 0.318 e. The van der Waals surface area contributed by atoms with E-state index in [4.69, 9.17) is 0 Å². The maximum absolute atomic E-state index is 4.64. The lowest BCUT2D eigenvalue weighted by atomic mass is 10.1. The normalized spacial score (nSPS) is 16.8. The predicted octanol–water partition coefficient (Wildman–Crippen LogP) is 2.72. The Kier molecular flexibility index (Phi) is 3.93. The number of benzene rings is 1. The number of hydrogen-bond acceptors (Lipinski definition) is 8. The zero-order valence-corrected chi connectivity index (χ0v) is 15.4. The molecule has 0 fully saturated rings. The number of fused-ring (bicyclic) bond motifs is 2. The first-order valence-electron chi connectivity index (χ1n) is 8.62. The highest BCUT2D eigenvalue weighted by atomic mass is 32.2. The van der Waals surface area contributed by atoms with Crippen molar-refractivity contribution in [1.82, 2.24) is 29.9 Å². The molecule has 1 aliphatic heterocycles. The molecule has 0 radical (unpaired) electrons. The van der Waals surface area contributed by atoms with E-state index in [9.17, 15) is 0 Å². The van der Waals surface area contributed by atoms with Crippen LogP contribution in [0.25, 0.3) is 22.2 Å². The molecule has 0 amide bonds. The van der Waals surface area contributed by atoms with Gasteiger partial charge < -0.3 is 5.32 Å². The molecule has 5 rings (SSSR count). The molecule has 1 unspecified atom stereocenters. The second-order valence-electron chi connectivity index (χ2n) is 6.40. The molecule has 9 heteroatoms. The van der Waals surface area contributed by atoms with Crippen LogP contribution in [0.15, 0.2) is 47.7 Å². The third-order valence-electron chi connectivity index (χ3n) is 4.26. The van der Waals surface area contributed by atoms with Gasteiger partial charge in [0.05, 0.1) is 24.3 Å². The van der Waals surface area contributed by atoms with E-state index < -0.39 is 0 Å². The van der Waals surface area contributed by atoms with E-state index in [0.717, 1.165) is 27.4 Å². The fraction of sp³-hybridized carbons (Fsp3) is 0.222. The monoisotopic (exact) mass is 376 g/mol. The zero-order chi connectivity index (χ0) is 18.2. The van der Waals surface area contributed by atoms with E-state index in [2.05, 4.69) is 48.6 Å². The Morgan fingerprint density at radius 3 is 3.11 bits per heavy atom. The minimum Gasteiger partial charge on any atom is -0.318 e. The van der Waals surface area contributed by atoms with Crippen molar-refractivity contribution in [2.45, 2.75) is 19.5 Å². The van der Waals surface area contributed by atoms with Crippen molar-refractivity contribution in [2.24, 2.45) is 4.99 Å². The lowest BCUT2D eigenvalue weighted by Crippen LogP contribution is -2.09.